The SMILES string of the molecule is O=C(O)c1ccc2cc3ccccc3cc2c1C(=O)O.[Cs]. The van der Waals surface area contributed by atoms with Gasteiger partial charge in [0.15, 0.2) is 0 Å². The number of carboxylic acid groups (broad SMARTS) is 2. The van der Waals surface area contributed by atoms with Crippen LogP contribution in [0.1, 0.15) is 20.7 Å². The van der Waals surface area contributed by atoms with E-state index in [0.717, 1.165) is 10.8 Å². The number of aromatic carboxylic acids is 2. The van der Waals surface area contributed by atoms with Gasteiger partial charge in [-0.1, -0.05) is 30.3 Å². The van der Waals surface area contributed by atoms with Gasteiger partial charge in [-0.25, -0.2) is 9.59 Å². The quantitative estimate of drug-likeness (QED) is 0.650. The third-order valence-corrected chi connectivity index (χ3v) is 3.33. The molecule has 0 amide bonds. The van der Waals surface area contributed by atoms with E-state index in [0.29, 0.717) is 10.8 Å². The molecular formula is C16H10CsO4. The van der Waals surface area contributed by atoms with Gasteiger partial charge in [-0.05, 0) is 39.7 Å². The molecule has 0 saturated heterocycles. The van der Waals surface area contributed by atoms with Crippen LogP contribution in [-0.4, -0.2) is 91.0 Å². The zero-order valence-electron chi connectivity index (χ0n) is 11.3. The van der Waals surface area contributed by atoms with E-state index < -0.39 is 11.9 Å². The number of hydrogen-bond donors (Lipinski definition) is 2. The summed E-state index contributed by atoms with van der Waals surface area (Å²) in [6.07, 6.45) is 0. The van der Waals surface area contributed by atoms with Gasteiger partial charge in [-0.3, -0.25) is 0 Å². The Bertz CT molecular complexity index is 871. The number of hydrogen-bond acceptors (Lipinski definition) is 2. The Morgan fingerprint density at radius 2 is 1.38 bits per heavy atom. The van der Waals surface area contributed by atoms with Gasteiger partial charge in [0.05, 0.1) is 11.1 Å². The fourth-order valence-corrected chi connectivity index (χ4v) is 2.42. The molecule has 99 valence electrons. The summed E-state index contributed by atoms with van der Waals surface area (Å²) in [5, 5.41) is 21.5. The van der Waals surface area contributed by atoms with Gasteiger partial charge in [0.25, 0.3) is 0 Å². The second-order valence-electron chi connectivity index (χ2n) is 4.52. The summed E-state index contributed by atoms with van der Waals surface area (Å²) in [7, 11) is 0. The Morgan fingerprint density at radius 1 is 0.762 bits per heavy atom. The van der Waals surface area contributed by atoms with E-state index in [9.17, 15) is 14.7 Å². The van der Waals surface area contributed by atoms with Gasteiger partial charge in [0.1, 0.15) is 0 Å². The predicted molar refractivity (Wildman–Crippen MR) is 81.1 cm³/mol. The molecule has 0 bridgehead atoms. The molecule has 0 heterocycles. The van der Waals surface area contributed by atoms with Crippen LogP contribution in [0.4, 0.5) is 0 Å². The minimum absolute atomic E-state index is 0. The van der Waals surface area contributed by atoms with Gasteiger partial charge >= 0.3 is 11.9 Å². The van der Waals surface area contributed by atoms with Crippen molar-refractivity contribution in [1.29, 1.82) is 0 Å². The van der Waals surface area contributed by atoms with Crippen LogP contribution in [0.5, 0.6) is 0 Å². The molecule has 4 nitrogen and oxygen atoms in total. The van der Waals surface area contributed by atoms with Gasteiger partial charge in [-0.15, -0.1) is 0 Å². The van der Waals surface area contributed by atoms with Crippen molar-refractivity contribution in [3.63, 3.8) is 0 Å². The zero-order chi connectivity index (χ0) is 14.3. The number of fused-ring (bicyclic) bond motifs is 2. The average molecular weight is 399 g/mol. The first-order valence-electron chi connectivity index (χ1n) is 6.00. The monoisotopic (exact) mass is 399 g/mol. The van der Waals surface area contributed by atoms with Crippen LogP contribution in [0.15, 0.2) is 48.5 Å². The van der Waals surface area contributed by atoms with Crippen LogP contribution in [0.3, 0.4) is 0 Å². The summed E-state index contributed by atoms with van der Waals surface area (Å²) in [5.41, 5.74) is -0.360. The smallest absolute Gasteiger partial charge is 0.337 e. The topological polar surface area (TPSA) is 74.6 Å². The van der Waals surface area contributed by atoms with Crippen LogP contribution >= 0.6 is 0 Å². The summed E-state index contributed by atoms with van der Waals surface area (Å²) < 4.78 is 0. The molecule has 0 atom stereocenters. The van der Waals surface area contributed by atoms with Crippen LogP contribution in [0, 0.1) is 0 Å². The maximum absolute atomic E-state index is 11.4. The van der Waals surface area contributed by atoms with Crippen LogP contribution in [0.25, 0.3) is 21.5 Å². The van der Waals surface area contributed by atoms with Crippen molar-refractivity contribution < 1.29 is 19.8 Å². The predicted octanol–water partition coefficient (Wildman–Crippen LogP) is 3.01. The first-order chi connectivity index (χ1) is 9.58. The number of carbonyl (C=O) groups is 2. The van der Waals surface area contributed by atoms with Crippen molar-refractivity contribution in [1.82, 2.24) is 0 Å². The number of carboxylic acids is 2. The molecule has 1 radical (unpaired) electrons. The molecule has 0 aliphatic rings. The molecule has 0 aliphatic carbocycles. The molecule has 3 aromatic carbocycles. The summed E-state index contributed by atoms with van der Waals surface area (Å²) in [4.78, 5) is 22.6. The zero-order valence-corrected chi connectivity index (χ0v) is 17.6. The first kappa shape index (κ1) is 16.5. The molecule has 0 aliphatic heterocycles. The van der Waals surface area contributed by atoms with Crippen LogP contribution < -0.4 is 0 Å². The van der Waals surface area contributed by atoms with Crippen molar-refractivity contribution >= 4 is 102 Å². The fourth-order valence-electron chi connectivity index (χ4n) is 2.42. The normalized spacial score (nSPS) is 10.3. The van der Waals surface area contributed by atoms with E-state index in [4.69, 9.17) is 5.11 Å². The second kappa shape index (κ2) is 6.52. The molecular weight excluding hydrogens is 389 g/mol. The first-order valence-corrected chi connectivity index (χ1v) is 6.00. The summed E-state index contributed by atoms with van der Waals surface area (Å²) >= 11 is 0. The Labute approximate surface area is 179 Å². The van der Waals surface area contributed by atoms with E-state index in [1.807, 2.05) is 30.3 Å². The fraction of sp³-hybridized carbons (Fsp3) is 0. The standard InChI is InChI=1S/C16H10O4.Cs/c17-15(18)12-6-5-11-7-9-3-1-2-4-10(9)8-13(11)14(12)16(19)20;/h1-8H,(H,17,18)(H,19,20);. The van der Waals surface area contributed by atoms with E-state index in [2.05, 4.69) is 0 Å². The summed E-state index contributed by atoms with van der Waals surface area (Å²) in [6.45, 7) is 0. The Balaban J connectivity index is 0.00000161. The maximum Gasteiger partial charge on any atom is 0.337 e. The van der Waals surface area contributed by atoms with E-state index in [-0.39, 0.29) is 80.0 Å². The Hall–Kier alpha value is -0.828. The number of benzene rings is 3. The summed E-state index contributed by atoms with van der Waals surface area (Å²) in [5.74, 6) is -2.47. The van der Waals surface area contributed by atoms with E-state index >= 15 is 0 Å². The minimum atomic E-state index is -1.24. The minimum Gasteiger partial charge on any atom is -0.478 e. The van der Waals surface area contributed by atoms with Gasteiger partial charge in [-0.2, -0.15) is 0 Å². The van der Waals surface area contributed by atoms with Gasteiger partial charge in [0.2, 0.25) is 0 Å². The molecule has 3 aromatic rings. The van der Waals surface area contributed by atoms with Gasteiger partial charge < -0.3 is 10.2 Å². The van der Waals surface area contributed by atoms with Crippen molar-refractivity contribution in [3.8, 4) is 0 Å². The second-order valence-corrected chi connectivity index (χ2v) is 4.52. The number of rotatable bonds is 2. The van der Waals surface area contributed by atoms with Crippen molar-refractivity contribution in [2.45, 2.75) is 0 Å². The largest absolute Gasteiger partial charge is 0.478 e. The third kappa shape index (κ3) is 3.03. The molecule has 0 fully saturated rings. The molecule has 0 unspecified atom stereocenters. The molecule has 0 aromatic heterocycles. The molecule has 21 heavy (non-hydrogen) atoms. The molecule has 0 spiro atoms. The Kier molecular flexibility index (Phi) is 5.13. The van der Waals surface area contributed by atoms with Crippen LogP contribution in [-0.2, 0) is 0 Å². The van der Waals surface area contributed by atoms with Gasteiger partial charge in [0, 0.05) is 68.9 Å². The average Bonchev–Trinajstić information content (AvgIpc) is 2.43. The third-order valence-electron chi connectivity index (χ3n) is 3.33. The molecule has 0 saturated carbocycles. The maximum atomic E-state index is 11.4. The Morgan fingerprint density at radius 3 is 1.95 bits per heavy atom. The van der Waals surface area contributed by atoms with Crippen molar-refractivity contribution in [3.05, 3.63) is 59.7 Å². The van der Waals surface area contributed by atoms with E-state index in [1.54, 1.807) is 12.1 Å². The molecule has 5 heteroatoms. The summed E-state index contributed by atoms with van der Waals surface area (Å²) in [6, 6.07) is 14.1. The van der Waals surface area contributed by atoms with E-state index in [1.165, 1.54) is 6.07 Å². The van der Waals surface area contributed by atoms with Crippen molar-refractivity contribution in [2.75, 3.05) is 0 Å². The molecule has 3 rings (SSSR count). The van der Waals surface area contributed by atoms with Crippen LogP contribution in [0.2, 0.25) is 0 Å². The van der Waals surface area contributed by atoms with Crippen molar-refractivity contribution in [2.24, 2.45) is 0 Å². The molecule has 2 N–H and O–H groups in total.